The molecule has 2 aliphatic rings. The Hall–Kier alpha value is -2.46. The van der Waals surface area contributed by atoms with E-state index in [4.69, 9.17) is 11.6 Å². The fourth-order valence-electron chi connectivity index (χ4n) is 4.60. The molecule has 5 rings (SSSR count). The first kappa shape index (κ1) is 22.3. The summed E-state index contributed by atoms with van der Waals surface area (Å²) in [6.45, 7) is 1.75. The lowest BCUT2D eigenvalue weighted by atomic mass is 9.88. The van der Waals surface area contributed by atoms with Crippen molar-refractivity contribution in [3.05, 3.63) is 50.6 Å². The second-order valence-corrected chi connectivity index (χ2v) is 10.4. The number of aliphatic hydroxyl groups is 1. The minimum atomic E-state index is -0.521. The molecular weight excluding hydrogens is 462 g/mol. The molecule has 1 aliphatic carbocycles. The maximum absolute atomic E-state index is 13.0. The second kappa shape index (κ2) is 9.06. The van der Waals surface area contributed by atoms with Gasteiger partial charge in [0.15, 0.2) is 5.01 Å². The van der Waals surface area contributed by atoms with Crippen molar-refractivity contribution >= 4 is 45.7 Å². The van der Waals surface area contributed by atoms with Gasteiger partial charge in [-0.2, -0.15) is 0 Å². The number of halogens is 1. The van der Waals surface area contributed by atoms with Gasteiger partial charge >= 0.3 is 0 Å². The molecule has 10 heteroatoms. The molecule has 33 heavy (non-hydrogen) atoms. The van der Waals surface area contributed by atoms with E-state index in [0.29, 0.717) is 35.0 Å². The molecule has 8 nitrogen and oxygen atoms in total. The molecule has 3 aromatic rings. The molecule has 4 N–H and O–H groups in total. The monoisotopic (exact) mass is 487 g/mol. The highest BCUT2D eigenvalue weighted by molar-refractivity contribution is 7.13. The van der Waals surface area contributed by atoms with Gasteiger partial charge in [-0.15, -0.1) is 11.3 Å². The number of aromatic nitrogens is 2. The number of benzene rings is 1. The zero-order chi connectivity index (χ0) is 23.1. The maximum atomic E-state index is 13.0. The van der Waals surface area contributed by atoms with Crippen molar-refractivity contribution in [2.24, 2.45) is 0 Å². The third-order valence-electron chi connectivity index (χ3n) is 6.40. The quantitative estimate of drug-likeness (QED) is 0.452. The lowest BCUT2D eigenvalue weighted by Gasteiger charge is -2.35. The molecule has 2 amide bonds. The minimum Gasteiger partial charge on any atom is -0.393 e. The van der Waals surface area contributed by atoms with E-state index in [9.17, 15) is 14.7 Å². The molecule has 0 saturated heterocycles. The van der Waals surface area contributed by atoms with Crippen LogP contribution in [0.2, 0.25) is 5.02 Å². The van der Waals surface area contributed by atoms with E-state index >= 15 is 0 Å². The lowest BCUT2D eigenvalue weighted by Crippen LogP contribution is -2.55. The Labute approximate surface area is 200 Å². The molecule has 0 radical (unpaired) electrons. The molecule has 0 spiro atoms. The second-order valence-electron chi connectivity index (χ2n) is 8.92. The van der Waals surface area contributed by atoms with E-state index in [0.717, 1.165) is 41.0 Å². The summed E-state index contributed by atoms with van der Waals surface area (Å²) >= 11 is 7.48. The number of hydrogen-bond acceptors (Lipinski definition) is 6. The Morgan fingerprint density at radius 3 is 2.88 bits per heavy atom. The zero-order valence-corrected chi connectivity index (χ0v) is 19.8. The van der Waals surface area contributed by atoms with Crippen LogP contribution >= 0.6 is 22.9 Å². The van der Waals surface area contributed by atoms with Crippen LogP contribution in [0.4, 0.5) is 0 Å². The highest BCUT2D eigenvalue weighted by atomic mass is 35.5. The van der Waals surface area contributed by atoms with Gasteiger partial charge in [-0.25, -0.2) is 4.98 Å². The molecule has 2 aromatic heterocycles. The molecule has 3 unspecified atom stereocenters. The Kier molecular flexibility index (Phi) is 6.13. The predicted octanol–water partition coefficient (Wildman–Crippen LogP) is 2.71. The number of hydrogen-bond donors (Lipinski definition) is 4. The van der Waals surface area contributed by atoms with Crippen LogP contribution in [0.3, 0.4) is 0 Å². The summed E-state index contributed by atoms with van der Waals surface area (Å²) in [5.74, 6) is -0.508. The smallest absolute Gasteiger partial charge is 0.280 e. The van der Waals surface area contributed by atoms with Crippen LogP contribution in [-0.2, 0) is 13.0 Å². The number of fused-ring (bicyclic) bond motifs is 2. The predicted molar refractivity (Wildman–Crippen MR) is 128 cm³/mol. The van der Waals surface area contributed by atoms with Crippen molar-refractivity contribution in [3.8, 4) is 0 Å². The summed E-state index contributed by atoms with van der Waals surface area (Å²) in [7, 11) is 2.06. The van der Waals surface area contributed by atoms with Gasteiger partial charge in [-0.3, -0.25) is 9.59 Å². The van der Waals surface area contributed by atoms with E-state index in [1.54, 1.807) is 18.2 Å². The van der Waals surface area contributed by atoms with E-state index in [1.165, 1.54) is 11.3 Å². The average molecular weight is 488 g/mol. The molecule has 1 aliphatic heterocycles. The minimum absolute atomic E-state index is 0.224. The van der Waals surface area contributed by atoms with Gasteiger partial charge in [0.25, 0.3) is 11.8 Å². The summed E-state index contributed by atoms with van der Waals surface area (Å²) in [6, 6.07) is 6.46. The number of amides is 2. The first-order valence-electron chi connectivity index (χ1n) is 11.1. The van der Waals surface area contributed by atoms with Gasteiger partial charge in [0.2, 0.25) is 0 Å². The average Bonchev–Trinajstić information content (AvgIpc) is 3.39. The van der Waals surface area contributed by atoms with Gasteiger partial charge in [-0.05, 0) is 50.6 Å². The Morgan fingerprint density at radius 1 is 1.21 bits per heavy atom. The summed E-state index contributed by atoms with van der Waals surface area (Å²) in [5, 5.41) is 18.2. The van der Waals surface area contributed by atoms with Gasteiger partial charge < -0.3 is 25.6 Å². The Balaban J connectivity index is 1.29. The number of aliphatic hydroxyl groups excluding tert-OH is 1. The first-order valence-corrected chi connectivity index (χ1v) is 12.3. The standard InChI is InChI=1S/C23H26ClN5O3S/c1-29-7-6-17-20(11-29)33-23(28-17)22(32)26-16-5-3-14(30)10-18(16)27-21(31)19-9-12-8-13(24)2-4-15(12)25-19/h2,4,8-9,14,16,18,25,30H,3,5-7,10-11H2,1H3,(H,26,32)(H,27,31). The normalized spacial score (nSPS) is 23.3. The number of likely N-dealkylation sites (N-methyl/N-ethyl adjacent to an activating group) is 1. The molecule has 3 atom stereocenters. The molecular formula is C23H26ClN5O3S. The van der Waals surface area contributed by atoms with Crippen molar-refractivity contribution in [2.45, 2.75) is 50.4 Å². The SMILES string of the molecule is CN1CCc2nc(C(=O)NC3CCC(O)CC3NC(=O)c3cc4cc(Cl)ccc4[nH]3)sc2C1. The number of carbonyl (C=O) groups excluding carboxylic acids is 2. The van der Waals surface area contributed by atoms with Crippen molar-refractivity contribution in [2.75, 3.05) is 13.6 Å². The van der Waals surface area contributed by atoms with Crippen LogP contribution < -0.4 is 10.6 Å². The number of aromatic amines is 1. The molecule has 1 fully saturated rings. The van der Waals surface area contributed by atoms with Crippen LogP contribution in [-0.4, -0.2) is 63.6 Å². The maximum Gasteiger partial charge on any atom is 0.280 e. The van der Waals surface area contributed by atoms with Crippen LogP contribution in [0.25, 0.3) is 10.9 Å². The zero-order valence-electron chi connectivity index (χ0n) is 18.2. The van der Waals surface area contributed by atoms with Crippen LogP contribution in [0.15, 0.2) is 24.3 Å². The van der Waals surface area contributed by atoms with E-state index in [1.807, 2.05) is 6.07 Å². The van der Waals surface area contributed by atoms with E-state index in [2.05, 4.69) is 32.5 Å². The highest BCUT2D eigenvalue weighted by Crippen LogP contribution is 2.26. The van der Waals surface area contributed by atoms with Crippen molar-refractivity contribution in [1.82, 2.24) is 25.5 Å². The summed E-state index contributed by atoms with van der Waals surface area (Å²) in [5.41, 5.74) is 2.23. The number of nitrogens with one attached hydrogen (secondary N) is 3. The summed E-state index contributed by atoms with van der Waals surface area (Å²) < 4.78 is 0. The third-order valence-corrected chi connectivity index (χ3v) is 7.72. The number of rotatable bonds is 4. The first-order chi connectivity index (χ1) is 15.9. The molecule has 174 valence electrons. The van der Waals surface area contributed by atoms with Crippen LogP contribution in [0, 0.1) is 0 Å². The number of H-pyrrole nitrogens is 1. The summed E-state index contributed by atoms with van der Waals surface area (Å²) in [6.07, 6.45) is 1.85. The lowest BCUT2D eigenvalue weighted by molar-refractivity contribution is 0.0711. The topological polar surface area (TPSA) is 110 Å². The Bertz CT molecular complexity index is 1210. The fraction of sp³-hybridized carbons (Fsp3) is 0.435. The number of carbonyl (C=O) groups is 2. The van der Waals surface area contributed by atoms with Gasteiger partial charge in [0.05, 0.1) is 17.8 Å². The van der Waals surface area contributed by atoms with Crippen molar-refractivity contribution in [3.63, 3.8) is 0 Å². The van der Waals surface area contributed by atoms with Gasteiger partial charge in [0, 0.05) is 46.4 Å². The van der Waals surface area contributed by atoms with Crippen molar-refractivity contribution in [1.29, 1.82) is 0 Å². The van der Waals surface area contributed by atoms with E-state index < -0.39 is 6.10 Å². The fourth-order valence-corrected chi connectivity index (χ4v) is 5.87. The highest BCUT2D eigenvalue weighted by Gasteiger charge is 2.33. The van der Waals surface area contributed by atoms with E-state index in [-0.39, 0.29) is 23.9 Å². The van der Waals surface area contributed by atoms with Gasteiger partial charge in [-0.1, -0.05) is 11.6 Å². The van der Waals surface area contributed by atoms with Crippen LogP contribution in [0.1, 0.15) is 50.1 Å². The van der Waals surface area contributed by atoms with Crippen molar-refractivity contribution < 1.29 is 14.7 Å². The van der Waals surface area contributed by atoms with Crippen LogP contribution in [0.5, 0.6) is 0 Å². The third kappa shape index (κ3) is 4.77. The Morgan fingerprint density at radius 2 is 2.03 bits per heavy atom. The molecule has 1 aromatic carbocycles. The molecule has 1 saturated carbocycles. The number of thiazole rings is 1. The molecule has 3 heterocycles. The van der Waals surface area contributed by atoms with Gasteiger partial charge in [0.1, 0.15) is 5.69 Å². The molecule has 0 bridgehead atoms. The summed E-state index contributed by atoms with van der Waals surface area (Å²) in [4.78, 5) is 36.9. The number of nitrogens with zero attached hydrogens (tertiary/aromatic N) is 2. The largest absolute Gasteiger partial charge is 0.393 e.